The number of nitrogens with zero attached hydrogens (tertiary/aromatic N) is 3. The van der Waals surface area contributed by atoms with Crippen molar-refractivity contribution in [1.82, 2.24) is 9.97 Å². The van der Waals surface area contributed by atoms with Crippen LogP contribution in [0.1, 0.15) is 10.4 Å². The second kappa shape index (κ2) is 5.66. The number of benzene rings is 1. The van der Waals surface area contributed by atoms with Crippen molar-refractivity contribution in [3.63, 3.8) is 0 Å². The van der Waals surface area contributed by atoms with Crippen LogP contribution in [0, 0.1) is 0 Å². The Labute approximate surface area is 136 Å². The van der Waals surface area contributed by atoms with Gasteiger partial charge in [0.25, 0.3) is 0 Å². The van der Waals surface area contributed by atoms with Crippen LogP contribution in [-0.2, 0) is 0 Å². The molecule has 0 saturated carbocycles. The molecule has 5 nitrogen and oxygen atoms in total. The fraction of sp³-hybridized carbons (Fsp3) is 0. The Morgan fingerprint density at radius 3 is 2.83 bits per heavy atom. The molecule has 1 aromatic carbocycles. The molecule has 0 radical (unpaired) electrons. The quantitative estimate of drug-likeness (QED) is 0.757. The van der Waals surface area contributed by atoms with E-state index in [9.17, 15) is 5.11 Å². The summed E-state index contributed by atoms with van der Waals surface area (Å²) in [6.07, 6.45) is 5.40. The maximum atomic E-state index is 10.1. The molecule has 0 atom stereocenters. The van der Waals surface area contributed by atoms with Crippen LogP contribution in [0.3, 0.4) is 0 Å². The molecule has 1 aliphatic rings. The van der Waals surface area contributed by atoms with Gasteiger partial charge in [0.2, 0.25) is 5.88 Å². The van der Waals surface area contributed by atoms with Crippen molar-refractivity contribution in [3.05, 3.63) is 59.1 Å². The summed E-state index contributed by atoms with van der Waals surface area (Å²) in [5.74, 6) is 0.687. The van der Waals surface area contributed by atoms with E-state index < -0.39 is 0 Å². The predicted molar refractivity (Wildman–Crippen MR) is 93.8 cm³/mol. The molecule has 3 aromatic rings. The lowest BCUT2D eigenvalue weighted by Crippen LogP contribution is -1.90. The molecule has 0 aliphatic carbocycles. The monoisotopic (exact) mass is 320 g/mol. The SMILES string of the molecule is Oc1nc(Nc2ccccn2)sc1/C=C1/C=Nc2ccccc21. The topological polar surface area (TPSA) is 70.4 Å². The predicted octanol–water partition coefficient (Wildman–Crippen LogP) is 4.24. The molecule has 0 bridgehead atoms. The summed E-state index contributed by atoms with van der Waals surface area (Å²) < 4.78 is 0. The van der Waals surface area contributed by atoms with Crippen molar-refractivity contribution in [3.8, 4) is 5.88 Å². The minimum absolute atomic E-state index is 0.00119. The molecule has 0 unspecified atom stereocenters. The number of aliphatic imine (C=N–C) groups is 1. The van der Waals surface area contributed by atoms with Crippen LogP contribution in [-0.4, -0.2) is 21.3 Å². The first-order chi connectivity index (χ1) is 11.3. The summed E-state index contributed by atoms with van der Waals surface area (Å²) in [6.45, 7) is 0. The lowest BCUT2D eigenvalue weighted by molar-refractivity contribution is 0.457. The normalized spacial score (nSPS) is 14.2. The van der Waals surface area contributed by atoms with Gasteiger partial charge in [0.15, 0.2) is 5.13 Å². The fourth-order valence-electron chi connectivity index (χ4n) is 2.31. The third kappa shape index (κ3) is 2.72. The standard InChI is InChI=1S/C17H12N4OS/c22-16-14(9-11-10-19-13-6-2-1-5-12(11)13)23-17(21-16)20-15-7-3-4-8-18-15/h1-10,22H,(H,18,20,21)/b11-9-. The number of allylic oxidation sites excluding steroid dienone is 1. The van der Waals surface area contributed by atoms with Gasteiger partial charge >= 0.3 is 0 Å². The Kier molecular flexibility index (Phi) is 3.36. The van der Waals surface area contributed by atoms with Gasteiger partial charge in [0.05, 0.1) is 10.6 Å². The number of aromatic hydroxyl groups is 1. The van der Waals surface area contributed by atoms with Gasteiger partial charge in [-0.15, -0.1) is 0 Å². The lowest BCUT2D eigenvalue weighted by atomic mass is 10.1. The zero-order valence-electron chi connectivity index (χ0n) is 12.0. The van der Waals surface area contributed by atoms with E-state index >= 15 is 0 Å². The molecule has 4 rings (SSSR count). The van der Waals surface area contributed by atoms with Crippen molar-refractivity contribution in [2.24, 2.45) is 4.99 Å². The number of rotatable bonds is 3. The van der Waals surface area contributed by atoms with Crippen LogP contribution in [0.5, 0.6) is 5.88 Å². The summed E-state index contributed by atoms with van der Waals surface area (Å²) in [6, 6.07) is 13.5. The van der Waals surface area contributed by atoms with E-state index in [4.69, 9.17) is 0 Å². The van der Waals surface area contributed by atoms with Gasteiger partial charge in [-0.1, -0.05) is 35.6 Å². The Morgan fingerprint density at radius 1 is 1.09 bits per heavy atom. The van der Waals surface area contributed by atoms with Gasteiger partial charge in [0, 0.05) is 23.5 Å². The molecular formula is C17H12N4OS. The van der Waals surface area contributed by atoms with Gasteiger partial charge < -0.3 is 10.4 Å². The zero-order chi connectivity index (χ0) is 15.6. The summed E-state index contributed by atoms with van der Waals surface area (Å²) in [5, 5.41) is 13.7. The number of hydrogen-bond acceptors (Lipinski definition) is 6. The molecule has 112 valence electrons. The number of anilines is 2. The van der Waals surface area contributed by atoms with E-state index in [2.05, 4.69) is 20.3 Å². The van der Waals surface area contributed by atoms with E-state index in [1.54, 1.807) is 12.4 Å². The Balaban J connectivity index is 1.64. The van der Waals surface area contributed by atoms with Crippen LogP contribution in [0.2, 0.25) is 0 Å². The van der Waals surface area contributed by atoms with Crippen molar-refractivity contribution in [2.45, 2.75) is 0 Å². The number of fused-ring (bicyclic) bond motifs is 1. The smallest absolute Gasteiger partial charge is 0.231 e. The van der Waals surface area contributed by atoms with Gasteiger partial charge in [-0.2, -0.15) is 4.98 Å². The first-order valence-corrected chi connectivity index (χ1v) is 7.84. The van der Waals surface area contributed by atoms with Crippen molar-refractivity contribution < 1.29 is 5.11 Å². The Hall–Kier alpha value is -2.99. The molecule has 0 spiro atoms. The van der Waals surface area contributed by atoms with E-state index in [0.717, 1.165) is 16.8 Å². The fourth-order valence-corrected chi connectivity index (χ4v) is 3.13. The van der Waals surface area contributed by atoms with E-state index in [1.807, 2.05) is 48.5 Å². The second-order valence-corrected chi connectivity index (χ2v) is 5.95. The van der Waals surface area contributed by atoms with Crippen LogP contribution >= 0.6 is 11.3 Å². The number of thiazole rings is 1. The maximum absolute atomic E-state index is 10.1. The molecule has 2 N–H and O–H groups in total. The van der Waals surface area contributed by atoms with Crippen molar-refractivity contribution in [2.75, 3.05) is 5.32 Å². The van der Waals surface area contributed by atoms with Gasteiger partial charge in [-0.25, -0.2) is 4.98 Å². The molecule has 6 heteroatoms. The first-order valence-electron chi connectivity index (χ1n) is 7.02. The average molecular weight is 320 g/mol. The molecule has 2 aromatic heterocycles. The van der Waals surface area contributed by atoms with E-state index in [0.29, 0.717) is 15.8 Å². The highest BCUT2D eigenvalue weighted by atomic mass is 32.1. The third-order valence-corrected chi connectivity index (χ3v) is 4.29. The van der Waals surface area contributed by atoms with Crippen LogP contribution in [0.25, 0.3) is 11.6 Å². The molecule has 1 aliphatic heterocycles. The lowest BCUT2D eigenvalue weighted by Gasteiger charge is -1.99. The number of hydrogen-bond donors (Lipinski definition) is 2. The Morgan fingerprint density at radius 2 is 1.96 bits per heavy atom. The molecule has 0 amide bonds. The van der Waals surface area contributed by atoms with E-state index in [1.165, 1.54) is 11.3 Å². The van der Waals surface area contributed by atoms with Gasteiger partial charge in [0.1, 0.15) is 5.82 Å². The number of pyridine rings is 1. The van der Waals surface area contributed by atoms with Crippen LogP contribution in [0.15, 0.2) is 53.7 Å². The van der Waals surface area contributed by atoms with Gasteiger partial charge in [-0.3, -0.25) is 4.99 Å². The van der Waals surface area contributed by atoms with Crippen LogP contribution in [0.4, 0.5) is 16.6 Å². The zero-order valence-corrected chi connectivity index (χ0v) is 12.8. The summed E-state index contributed by atoms with van der Waals surface area (Å²) in [7, 11) is 0. The largest absolute Gasteiger partial charge is 0.492 e. The van der Waals surface area contributed by atoms with Crippen molar-refractivity contribution >= 4 is 45.8 Å². The molecule has 23 heavy (non-hydrogen) atoms. The number of nitrogens with one attached hydrogen (secondary N) is 1. The van der Waals surface area contributed by atoms with E-state index in [-0.39, 0.29) is 5.88 Å². The van der Waals surface area contributed by atoms with Gasteiger partial charge in [-0.05, 0) is 24.3 Å². The number of aromatic nitrogens is 2. The maximum Gasteiger partial charge on any atom is 0.231 e. The molecule has 0 fully saturated rings. The highest BCUT2D eigenvalue weighted by Crippen LogP contribution is 2.36. The third-order valence-electron chi connectivity index (χ3n) is 3.38. The van der Waals surface area contributed by atoms with Crippen LogP contribution < -0.4 is 5.32 Å². The minimum atomic E-state index is -0.00119. The summed E-state index contributed by atoms with van der Waals surface area (Å²) in [4.78, 5) is 13.4. The summed E-state index contributed by atoms with van der Waals surface area (Å²) in [5.41, 5.74) is 2.96. The first kappa shape index (κ1) is 13.7. The Bertz CT molecular complexity index is 915. The highest BCUT2D eigenvalue weighted by Gasteiger charge is 2.14. The minimum Gasteiger partial charge on any atom is -0.492 e. The number of para-hydroxylation sites is 1. The highest BCUT2D eigenvalue weighted by molar-refractivity contribution is 7.16. The molecular weight excluding hydrogens is 308 g/mol. The molecule has 3 heterocycles. The van der Waals surface area contributed by atoms with Crippen molar-refractivity contribution in [1.29, 1.82) is 0 Å². The average Bonchev–Trinajstić information content (AvgIpc) is 3.13. The molecule has 0 saturated heterocycles. The summed E-state index contributed by atoms with van der Waals surface area (Å²) >= 11 is 1.37. The second-order valence-electron chi connectivity index (χ2n) is 4.92.